The van der Waals surface area contributed by atoms with E-state index in [4.69, 9.17) is 4.74 Å². The number of anilines is 1. The summed E-state index contributed by atoms with van der Waals surface area (Å²) < 4.78 is 5.38. The molecule has 0 spiro atoms. The van der Waals surface area contributed by atoms with Crippen molar-refractivity contribution in [3.8, 4) is 0 Å². The summed E-state index contributed by atoms with van der Waals surface area (Å²) in [5.74, 6) is -0.681. The predicted molar refractivity (Wildman–Crippen MR) is 72.6 cm³/mol. The Morgan fingerprint density at radius 2 is 1.89 bits per heavy atom. The van der Waals surface area contributed by atoms with Crippen LogP contribution < -0.4 is 4.90 Å². The van der Waals surface area contributed by atoms with E-state index in [9.17, 15) is 9.90 Å². The molecule has 2 aliphatic rings. The third kappa shape index (κ3) is 2.00. The molecule has 4 nitrogen and oxygen atoms in total. The molecule has 0 unspecified atom stereocenters. The van der Waals surface area contributed by atoms with Crippen LogP contribution in [-0.4, -0.2) is 37.4 Å². The summed E-state index contributed by atoms with van der Waals surface area (Å²) >= 11 is 0. The molecule has 19 heavy (non-hydrogen) atoms. The molecule has 2 fully saturated rings. The topological polar surface area (TPSA) is 49.8 Å². The van der Waals surface area contributed by atoms with Gasteiger partial charge in [0.25, 0.3) is 0 Å². The number of carboxylic acid groups (broad SMARTS) is 1. The van der Waals surface area contributed by atoms with Crippen LogP contribution in [0.5, 0.6) is 0 Å². The average Bonchev–Trinajstić information content (AvgIpc) is 2.39. The van der Waals surface area contributed by atoms with E-state index in [0.717, 1.165) is 43.6 Å². The van der Waals surface area contributed by atoms with Crippen LogP contribution in [-0.2, 0) is 14.9 Å². The Morgan fingerprint density at radius 1 is 1.21 bits per heavy atom. The van der Waals surface area contributed by atoms with Crippen molar-refractivity contribution in [1.29, 1.82) is 0 Å². The average molecular weight is 261 g/mol. The summed E-state index contributed by atoms with van der Waals surface area (Å²) in [6.45, 7) is 3.11. The molecule has 0 bridgehead atoms. The Balaban J connectivity index is 1.99. The molecule has 1 aliphatic heterocycles. The van der Waals surface area contributed by atoms with Gasteiger partial charge in [0.1, 0.15) is 0 Å². The van der Waals surface area contributed by atoms with Crippen molar-refractivity contribution in [2.24, 2.45) is 0 Å². The lowest BCUT2D eigenvalue weighted by atomic mass is 9.64. The molecule has 0 aromatic heterocycles. The molecule has 3 rings (SSSR count). The summed E-state index contributed by atoms with van der Waals surface area (Å²) in [4.78, 5) is 13.9. The van der Waals surface area contributed by atoms with Crippen molar-refractivity contribution < 1.29 is 14.6 Å². The van der Waals surface area contributed by atoms with Crippen LogP contribution in [0.25, 0.3) is 0 Å². The van der Waals surface area contributed by atoms with Crippen molar-refractivity contribution in [3.63, 3.8) is 0 Å². The molecule has 0 radical (unpaired) electrons. The second-order valence-corrected chi connectivity index (χ2v) is 5.36. The van der Waals surface area contributed by atoms with Crippen LogP contribution in [0.15, 0.2) is 24.3 Å². The van der Waals surface area contributed by atoms with Gasteiger partial charge in [-0.3, -0.25) is 4.79 Å². The van der Waals surface area contributed by atoms with Crippen LogP contribution in [0.4, 0.5) is 5.69 Å². The number of hydrogen-bond acceptors (Lipinski definition) is 3. The van der Waals surface area contributed by atoms with Gasteiger partial charge in [-0.2, -0.15) is 0 Å². The Kier molecular flexibility index (Phi) is 3.19. The van der Waals surface area contributed by atoms with E-state index in [2.05, 4.69) is 4.90 Å². The zero-order valence-electron chi connectivity index (χ0n) is 11.0. The van der Waals surface area contributed by atoms with E-state index in [1.54, 1.807) is 0 Å². The van der Waals surface area contributed by atoms with E-state index in [-0.39, 0.29) is 0 Å². The number of ether oxygens (including phenoxy) is 1. The van der Waals surface area contributed by atoms with Crippen molar-refractivity contribution in [3.05, 3.63) is 29.8 Å². The van der Waals surface area contributed by atoms with E-state index < -0.39 is 11.4 Å². The third-order valence-electron chi connectivity index (χ3n) is 4.39. The van der Waals surface area contributed by atoms with Gasteiger partial charge in [-0.15, -0.1) is 0 Å². The molecule has 1 aromatic rings. The number of rotatable bonds is 3. The number of aliphatic carboxylic acids is 1. The second-order valence-electron chi connectivity index (χ2n) is 5.36. The predicted octanol–water partition coefficient (Wildman–Crippen LogP) is 2.03. The van der Waals surface area contributed by atoms with Crippen LogP contribution in [0, 0.1) is 0 Å². The van der Waals surface area contributed by atoms with Crippen LogP contribution >= 0.6 is 0 Å². The maximum atomic E-state index is 11.7. The first-order valence-corrected chi connectivity index (χ1v) is 6.90. The molecule has 1 aliphatic carbocycles. The highest BCUT2D eigenvalue weighted by molar-refractivity contribution is 5.85. The number of carboxylic acids is 1. The summed E-state index contributed by atoms with van der Waals surface area (Å²) in [6, 6.07) is 7.96. The van der Waals surface area contributed by atoms with E-state index >= 15 is 0 Å². The summed E-state index contributed by atoms with van der Waals surface area (Å²) in [7, 11) is 0. The van der Waals surface area contributed by atoms with E-state index in [1.807, 2.05) is 24.3 Å². The van der Waals surface area contributed by atoms with Crippen molar-refractivity contribution >= 4 is 11.7 Å². The largest absolute Gasteiger partial charge is 0.481 e. The number of nitrogens with zero attached hydrogens (tertiary/aromatic N) is 1. The highest BCUT2D eigenvalue weighted by Gasteiger charge is 2.47. The highest BCUT2D eigenvalue weighted by Crippen LogP contribution is 2.47. The van der Waals surface area contributed by atoms with Gasteiger partial charge >= 0.3 is 5.97 Å². The van der Waals surface area contributed by atoms with E-state index in [1.165, 1.54) is 0 Å². The number of morpholine rings is 1. The first-order valence-electron chi connectivity index (χ1n) is 6.90. The quantitative estimate of drug-likeness (QED) is 0.904. The molecule has 0 atom stereocenters. The minimum atomic E-state index is -0.681. The standard InChI is InChI=1S/C15H19NO3/c17-14(18)15(6-3-7-15)12-4-1-2-5-13(12)16-8-10-19-11-9-16/h1-2,4-5H,3,6-11H2,(H,17,18). The lowest BCUT2D eigenvalue weighted by Crippen LogP contribution is -2.45. The molecule has 1 aromatic carbocycles. The van der Waals surface area contributed by atoms with Crippen molar-refractivity contribution in [2.45, 2.75) is 24.7 Å². The number of para-hydroxylation sites is 1. The zero-order valence-corrected chi connectivity index (χ0v) is 11.0. The SMILES string of the molecule is O=C(O)C1(c2ccccc2N2CCOCC2)CCC1. The second kappa shape index (κ2) is 4.85. The minimum Gasteiger partial charge on any atom is -0.481 e. The van der Waals surface area contributed by atoms with Gasteiger partial charge in [-0.05, 0) is 24.5 Å². The lowest BCUT2D eigenvalue weighted by molar-refractivity contribution is -0.147. The van der Waals surface area contributed by atoms with Crippen LogP contribution in [0.3, 0.4) is 0 Å². The van der Waals surface area contributed by atoms with Gasteiger partial charge in [0.15, 0.2) is 0 Å². The van der Waals surface area contributed by atoms with E-state index in [0.29, 0.717) is 13.2 Å². The Morgan fingerprint density at radius 3 is 2.47 bits per heavy atom. The summed E-state index contributed by atoms with van der Waals surface area (Å²) in [5, 5.41) is 9.62. The Bertz CT molecular complexity index is 476. The fourth-order valence-electron chi connectivity index (χ4n) is 3.09. The van der Waals surface area contributed by atoms with Gasteiger partial charge in [0.2, 0.25) is 0 Å². The van der Waals surface area contributed by atoms with Gasteiger partial charge in [0.05, 0.1) is 18.6 Å². The minimum absolute atomic E-state index is 0.658. The number of hydrogen-bond donors (Lipinski definition) is 1. The Hall–Kier alpha value is -1.55. The fourth-order valence-corrected chi connectivity index (χ4v) is 3.09. The molecule has 1 N–H and O–H groups in total. The third-order valence-corrected chi connectivity index (χ3v) is 4.39. The molecular formula is C15H19NO3. The molecule has 1 saturated heterocycles. The van der Waals surface area contributed by atoms with Gasteiger partial charge in [-0.1, -0.05) is 24.6 Å². The molecular weight excluding hydrogens is 242 g/mol. The molecule has 1 heterocycles. The number of benzene rings is 1. The van der Waals surface area contributed by atoms with Crippen molar-refractivity contribution in [2.75, 3.05) is 31.2 Å². The highest BCUT2D eigenvalue weighted by atomic mass is 16.5. The monoisotopic (exact) mass is 261 g/mol. The summed E-state index contributed by atoms with van der Waals surface area (Å²) in [5.41, 5.74) is 1.40. The fraction of sp³-hybridized carbons (Fsp3) is 0.533. The number of carbonyl (C=O) groups is 1. The molecule has 102 valence electrons. The first-order chi connectivity index (χ1) is 9.24. The first kappa shape index (κ1) is 12.5. The van der Waals surface area contributed by atoms with Crippen LogP contribution in [0.2, 0.25) is 0 Å². The van der Waals surface area contributed by atoms with Crippen LogP contribution in [0.1, 0.15) is 24.8 Å². The molecule has 0 amide bonds. The Labute approximate surface area is 113 Å². The van der Waals surface area contributed by atoms with Gasteiger partial charge in [-0.25, -0.2) is 0 Å². The van der Waals surface area contributed by atoms with Gasteiger partial charge in [0, 0.05) is 18.8 Å². The zero-order chi connectivity index (χ0) is 13.3. The summed E-state index contributed by atoms with van der Waals surface area (Å²) in [6.07, 6.45) is 2.51. The smallest absolute Gasteiger partial charge is 0.314 e. The maximum Gasteiger partial charge on any atom is 0.314 e. The van der Waals surface area contributed by atoms with Crippen molar-refractivity contribution in [1.82, 2.24) is 0 Å². The molecule has 4 heteroatoms. The lowest BCUT2D eigenvalue weighted by Gasteiger charge is -2.41. The normalized spacial score (nSPS) is 21.8. The molecule has 1 saturated carbocycles. The maximum absolute atomic E-state index is 11.7. The van der Waals surface area contributed by atoms with Gasteiger partial charge < -0.3 is 14.7 Å².